The van der Waals surface area contributed by atoms with Gasteiger partial charge in [0.25, 0.3) is 0 Å². The van der Waals surface area contributed by atoms with Crippen molar-refractivity contribution in [2.24, 2.45) is 0 Å². The van der Waals surface area contributed by atoms with Crippen molar-refractivity contribution in [2.75, 3.05) is 5.32 Å². The molecule has 0 bridgehead atoms. The smallest absolute Gasteiger partial charge is 0.221 e. The third-order valence-electron chi connectivity index (χ3n) is 2.90. The number of Topliss-reactive ketones (excluding diaryl/α,β-unsaturated/α-hetero) is 1. The lowest BCUT2D eigenvalue weighted by molar-refractivity contribution is -0.114. The van der Waals surface area contributed by atoms with E-state index >= 15 is 0 Å². The highest BCUT2D eigenvalue weighted by molar-refractivity contribution is 6.08. The molecule has 98 valence electrons. The maximum absolute atomic E-state index is 11.7. The van der Waals surface area contributed by atoms with Crippen molar-refractivity contribution in [1.82, 2.24) is 4.98 Å². The van der Waals surface area contributed by atoms with Crippen molar-refractivity contribution in [3.05, 3.63) is 41.6 Å². The molecule has 1 amide bonds. The van der Waals surface area contributed by atoms with Crippen molar-refractivity contribution in [2.45, 2.75) is 20.8 Å². The molecule has 0 saturated heterocycles. The zero-order valence-electron chi connectivity index (χ0n) is 11.2. The van der Waals surface area contributed by atoms with Crippen molar-refractivity contribution in [1.29, 1.82) is 0 Å². The Morgan fingerprint density at radius 2 is 1.74 bits per heavy atom. The Balaban J connectivity index is 2.64. The number of H-pyrrole nitrogens is 1. The Morgan fingerprint density at radius 1 is 1.11 bits per heavy atom. The molecule has 0 aliphatic rings. The highest BCUT2D eigenvalue weighted by atomic mass is 16.1. The van der Waals surface area contributed by atoms with Gasteiger partial charge in [-0.05, 0) is 13.8 Å². The number of aromatic nitrogens is 1. The highest BCUT2D eigenvalue weighted by Crippen LogP contribution is 2.33. The van der Waals surface area contributed by atoms with E-state index in [1.54, 1.807) is 0 Å². The van der Waals surface area contributed by atoms with Gasteiger partial charge in [0.1, 0.15) is 0 Å². The van der Waals surface area contributed by atoms with Crippen LogP contribution in [-0.2, 0) is 4.79 Å². The van der Waals surface area contributed by atoms with Gasteiger partial charge < -0.3 is 10.3 Å². The second-order valence-corrected chi connectivity index (χ2v) is 4.48. The number of carbonyl (C=O) groups is 2. The minimum atomic E-state index is -0.196. The molecule has 4 heteroatoms. The van der Waals surface area contributed by atoms with E-state index in [1.165, 1.54) is 13.8 Å². The maximum atomic E-state index is 11.7. The van der Waals surface area contributed by atoms with Gasteiger partial charge >= 0.3 is 0 Å². The Labute approximate surface area is 111 Å². The van der Waals surface area contributed by atoms with Crippen LogP contribution in [0, 0.1) is 6.92 Å². The lowest BCUT2D eigenvalue weighted by Gasteiger charge is -2.06. The first-order valence-corrected chi connectivity index (χ1v) is 6.07. The van der Waals surface area contributed by atoms with Gasteiger partial charge in [-0.15, -0.1) is 0 Å². The summed E-state index contributed by atoms with van der Waals surface area (Å²) in [7, 11) is 0. The van der Waals surface area contributed by atoms with Gasteiger partial charge in [0.2, 0.25) is 5.91 Å². The van der Waals surface area contributed by atoms with Crippen LogP contribution in [0.25, 0.3) is 11.3 Å². The molecule has 19 heavy (non-hydrogen) atoms. The Kier molecular flexibility index (Phi) is 3.51. The first kappa shape index (κ1) is 13.1. The van der Waals surface area contributed by atoms with Gasteiger partial charge in [-0.3, -0.25) is 9.59 Å². The number of nitrogens with one attached hydrogen (secondary N) is 2. The largest absolute Gasteiger partial charge is 0.356 e. The van der Waals surface area contributed by atoms with E-state index in [9.17, 15) is 9.59 Å². The van der Waals surface area contributed by atoms with E-state index in [2.05, 4.69) is 10.3 Å². The van der Waals surface area contributed by atoms with Crippen molar-refractivity contribution in [3.8, 4) is 11.3 Å². The standard InChI is InChI=1S/C15H16N2O2/c1-9-13(10(2)18)15(17-11(3)19)14(16-9)12-7-5-4-6-8-12/h4-8,16H,1-3H3,(H,17,19). The number of aromatic amines is 1. The minimum absolute atomic E-state index is 0.0697. The number of hydrogen-bond donors (Lipinski definition) is 2. The summed E-state index contributed by atoms with van der Waals surface area (Å²) in [6, 6.07) is 9.61. The summed E-state index contributed by atoms with van der Waals surface area (Å²) >= 11 is 0. The molecule has 1 heterocycles. The van der Waals surface area contributed by atoms with Crippen LogP contribution in [0.15, 0.2) is 30.3 Å². The third kappa shape index (κ3) is 2.57. The second-order valence-electron chi connectivity index (χ2n) is 4.48. The number of aryl methyl sites for hydroxylation is 1. The van der Waals surface area contributed by atoms with Gasteiger partial charge in [-0.2, -0.15) is 0 Å². The number of ketones is 1. The van der Waals surface area contributed by atoms with E-state index in [0.29, 0.717) is 11.3 Å². The molecule has 0 atom stereocenters. The molecule has 0 unspecified atom stereocenters. The summed E-state index contributed by atoms with van der Waals surface area (Å²) in [6.45, 7) is 4.76. The zero-order chi connectivity index (χ0) is 14.0. The van der Waals surface area contributed by atoms with E-state index in [0.717, 1.165) is 17.0 Å². The van der Waals surface area contributed by atoms with E-state index in [-0.39, 0.29) is 11.7 Å². The third-order valence-corrected chi connectivity index (χ3v) is 2.90. The van der Waals surface area contributed by atoms with Gasteiger partial charge in [0, 0.05) is 18.2 Å². The summed E-state index contributed by atoms with van der Waals surface area (Å²) in [5, 5.41) is 2.75. The fraction of sp³-hybridized carbons (Fsp3) is 0.200. The summed E-state index contributed by atoms with van der Waals surface area (Å²) in [5.41, 5.74) is 3.55. The SMILES string of the molecule is CC(=O)Nc1c(-c2ccccc2)[nH]c(C)c1C(C)=O. The maximum Gasteiger partial charge on any atom is 0.221 e. The van der Waals surface area contributed by atoms with Gasteiger partial charge in [0.15, 0.2) is 5.78 Å². The first-order valence-electron chi connectivity index (χ1n) is 6.07. The van der Waals surface area contributed by atoms with Crippen LogP contribution in [-0.4, -0.2) is 16.7 Å². The van der Waals surface area contributed by atoms with E-state index < -0.39 is 0 Å². The minimum Gasteiger partial charge on any atom is -0.356 e. The molecule has 1 aromatic heterocycles. The summed E-state index contributed by atoms with van der Waals surface area (Å²) in [5.74, 6) is -0.265. The molecule has 1 aromatic carbocycles. The topological polar surface area (TPSA) is 62.0 Å². The molecule has 0 aliphatic carbocycles. The molecule has 2 rings (SSSR count). The van der Waals surface area contributed by atoms with Gasteiger partial charge in [0.05, 0.1) is 16.9 Å². The summed E-state index contributed by atoms with van der Waals surface area (Å²) < 4.78 is 0. The molecular formula is C15H16N2O2. The van der Waals surface area contributed by atoms with E-state index in [1.807, 2.05) is 37.3 Å². The van der Waals surface area contributed by atoms with Crippen molar-refractivity contribution < 1.29 is 9.59 Å². The lowest BCUT2D eigenvalue weighted by Crippen LogP contribution is -2.09. The average molecular weight is 256 g/mol. The molecule has 0 aliphatic heterocycles. The molecule has 0 radical (unpaired) electrons. The number of rotatable bonds is 3. The second kappa shape index (κ2) is 5.10. The molecule has 4 nitrogen and oxygen atoms in total. The molecule has 0 saturated carbocycles. The van der Waals surface area contributed by atoms with Crippen LogP contribution < -0.4 is 5.32 Å². The fourth-order valence-electron chi connectivity index (χ4n) is 2.19. The molecule has 0 spiro atoms. The van der Waals surface area contributed by atoms with Crippen LogP contribution in [0.1, 0.15) is 29.9 Å². The summed E-state index contributed by atoms with van der Waals surface area (Å²) in [6.07, 6.45) is 0. The average Bonchev–Trinajstić information content (AvgIpc) is 2.66. The Hall–Kier alpha value is -2.36. The van der Waals surface area contributed by atoms with Gasteiger partial charge in [-0.25, -0.2) is 0 Å². The predicted molar refractivity (Wildman–Crippen MR) is 75.3 cm³/mol. The van der Waals surface area contributed by atoms with Crippen LogP contribution in [0.2, 0.25) is 0 Å². The monoisotopic (exact) mass is 256 g/mol. The van der Waals surface area contributed by atoms with Crippen LogP contribution in [0.3, 0.4) is 0 Å². The number of hydrogen-bond acceptors (Lipinski definition) is 2. The number of anilines is 1. The van der Waals surface area contributed by atoms with Crippen molar-refractivity contribution in [3.63, 3.8) is 0 Å². The number of carbonyl (C=O) groups excluding carboxylic acids is 2. The summed E-state index contributed by atoms with van der Waals surface area (Å²) in [4.78, 5) is 26.3. The number of amides is 1. The van der Waals surface area contributed by atoms with Crippen molar-refractivity contribution >= 4 is 17.4 Å². The number of benzene rings is 1. The molecular weight excluding hydrogens is 240 g/mol. The first-order chi connectivity index (χ1) is 9.00. The van der Waals surface area contributed by atoms with E-state index in [4.69, 9.17) is 0 Å². The van der Waals surface area contributed by atoms with Crippen LogP contribution >= 0.6 is 0 Å². The fourth-order valence-corrected chi connectivity index (χ4v) is 2.19. The van der Waals surface area contributed by atoms with Gasteiger partial charge in [-0.1, -0.05) is 30.3 Å². The Bertz CT molecular complexity index is 627. The lowest BCUT2D eigenvalue weighted by atomic mass is 10.1. The van der Waals surface area contributed by atoms with Crippen LogP contribution in [0.5, 0.6) is 0 Å². The highest BCUT2D eigenvalue weighted by Gasteiger charge is 2.20. The zero-order valence-corrected chi connectivity index (χ0v) is 11.2. The predicted octanol–water partition coefficient (Wildman–Crippen LogP) is 3.15. The normalized spacial score (nSPS) is 10.3. The van der Waals surface area contributed by atoms with Crippen LogP contribution in [0.4, 0.5) is 5.69 Å². The molecule has 2 aromatic rings. The molecule has 0 fully saturated rings. The quantitative estimate of drug-likeness (QED) is 0.829. The Morgan fingerprint density at radius 3 is 2.26 bits per heavy atom. The molecule has 2 N–H and O–H groups in total.